The Bertz CT molecular complexity index is 1160. The highest BCUT2D eigenvalue weighted by Crippen LogP contribution is 2.24. The molecule has 0 aliphatic rings. The molecule has 3 aromatic rings. The van der Waals surface area contributed by atoms with Crippen molar-refractivity contribution >= 4 is 27.8 Å². The number of aromatic hydroxyl groups is 1. The first kappa shape index (κ1) is 21.8. The molecule has 31 heavy (non-hydrogen) atoms. The van der Waals surface area contributed by atoms with Crippen LogP contribution in [-0.4, -0.2) is 39.3 Å². The van der Waals surface area contributed by atoms with Crippen LogP contribution < -0.4 is 14.5 Å². The molecule has 160 valence electrons. The first-order chi connectivity index (χ1) is 14.9. The number of sulfonamides is 1. The largest absolute Gasteiger partial charge is 0.507 e. The maximum Gasteiger partial charge on any atom is 0.264 e. The first-order valence-electron chi connectivity index (χ1n) is 9.23. The summed E-state index contributed by atoms with van der Waals surface area (Å²) in [6.07, 6.45) is 1.28. The van der Waals surface area contributed by atoms with Crippen molar-refractivity contribution in [2.24, 2.45) is 5.10 Å². The number of hydrogen-bond acceptors (Lipinski definition) is 6. The van der Waals surface area contributed by atoms with Gasteiger partial charge in [0.15, 0.2) is 0 Å². The summed E-state index contributed by atoms with van der Waals surface area (Å²) >= 11 is 0. The van der Waals surface area contributed by atoms with Crippen LogP contribution in [0.1, 0.15) is 5.56 Å². The molecule has 8 nitrogen and oxygen atoms in total. The van der Waals surface area contributed by atoms with Gasteiger partial charge in [0.25, 0.3) is 15.9 Å². The number of nitrogens with one attached hydrogen (secondary N) is 1. The van der Waals surface area contributed by atoms with Gasteiger partial charge < -0.3 is 9.84 Å². The Morgan fingerprint density at radius 2 is 1.68 bits per heavy atom. The summed E-state index contributed by atoms with van der Waals surface area (Å²) in [5.74, 6) is -0.123. The van der Waals surface area contributed by atoms with Crippen LogP contribution in [-0.2, 0) is 14.8 Å². The molecule has 0 atom stereocenters. The standard InChI is InChI=1S/C22H21N3O5S/c1-30-19-11-13-20(14-12-19)31(28,29)25(18-8-3-2-4-9-18)16-22(27)24-23-15-17-7-5-6-10-21(17)26/h2-15,26H,16H2,1H3,(H,24,27)/b23-15-. The number of phenols is 1. The highest BCUT2D eigenvalue weighted by atomic mass is 32.2. The van der Waals surface area contributed by atoms with Gasteiger partial charge in [-0.05, 0) is 48.5 Å². The molecule has 0 aliphatic carbocycles. The van der Waals surface area contributed by atoms with Crippen molar-refractivity contribution in [1.82, 2.24) is 5.43 Å². The van der Waals surface area contributed by atoms with E-state index in [1.165, 1.54) is 43.7 Å². The number of nitrogens with zero attached hydrogens (tertiary/aromatic N) is 2. The predicted octanol–water partition coefficient (Wildman–Crippen LogP) is 2.75. The van der Waals surface area contributed by atoms with Crippen molar-refractivity contribution in [1.29, 1.82) is 0 Å². The Morgan fingerprint density at radius 3 is 2.32 bits per heavy atom. The van der Waals surface area contributed by atoms with Crippen LogP contribution in [0.3, 0.4) is 0 Å². The zero-order chi connectivity index (χ0) is 22.3. The highest BCUT2D eigenvalue weighted by Gasteiger charge is 2.27. The zero-order valence-corrected chi connectivity index (χ0v) is 17.5. The van der Waals surface area contributed by atoms with Crippen molar-refractivity contribution < 1.29 is 23.1 Å². The van der Waals surface area contributed by atoms with Crippen molar-refractivity contribution in [3.8, 4) is 11.5 Å². The monoisotopic (exact) mass is 439 g/mol. The van der Waals surface area contributed by atoms with Gasteiger partial charge in [-0.3, -0.25) is 9.10 Å². The van der Waals surface area contributed by atoms with Gasteiger partial charge in [-0.2, -0.15) is 5.10 Å². The molecule has 1 amide bonds. The molecule has 3 rings (SSSR count). The molecule has 0 aliphatic heterocycles. The molecular formula is C22H21N3O5S. The number of rotatable bonds is 8. The Kier molecular flexibility index (Phi) is 6.88. The number of benzene rings is 3. The normalized spacial score (nSPS) is 11.3. The summed E-state index contributed by atoms with van der Waals surface area (Å²) in [6.45, 7) is -0.490. The molecular weight excluding hydrogens is 418 g/mol. The van der Waals surface area contributed by atoms with Gasteiger partial charge in [-0.15, -0.1) is 0 Å². The third-order valence-corrected chi connectivity index (χ3v) is 6.10. The van der Waals surface area contributed by atoms with Gasteiger partial charge in [0, 0.05) is 5.56 Å². The van der Waals surface area contributed by atoms with Crippen molar-refractivity contribution in [2.45, 2.75) is 4.90 Å². The Balaban J connectivity index is 1.82. The minimum absolute atomic E-state index is 0.00787. The van der Waals surface area contributed by atoms with Gasteiger partial charge in [0.05, 0.1) is 23.9 Å². The van der Waals surface area contributed by atoms with E-state index in [-0.39, 0.29) is 10.6 Å². The SMILES string of the molecule is COc1ccc(S(=O)(=O)N(CC(=O)N/N=C\c2ccccc2O)c2ccccc2)cc1. The van der Waals surface area contributed by atoms with Crippen LogP contribution in [0.2, 0.25) is 0 Å². The summed E-state index contributed by atoms with van der Waals surface area (Å²) in [4.78, 5) is 12.5. The molecule has 2 N–H and O–H groups in total. The van der Waals surface area contributed by atoms with E-state index in [4.69, 9.17) is 4.74 Å². The summed E-state index contributed by atoms with van der Waals surface area (Å²) in [5.41, 5.74) is 3.04. The van der Waals surface area contributed by atoms with Crippen LogP contribution in [0.4, 0.5) is 5.69 Å². The van der Waals surface area contributed by atoms with E-state index in [1.54, 1.807) is 48.5 Å². The second-order valence-corrected chi connectivity index (χ2v) is 8.24. The number of hydrazone groups is 1. The Hall–Kier alpha value is -3.85. The maximum absolute atomic E-state index is 13.2. The van der Waals surface area contributed by atoms with Crippen molar-refractivity contribution in [2.75, 3.05) is 18.0 Å². The van der Waals surface area contributed by atoms with E-state index in [0.29, 0.717) is 17.0 Å². The second-order valence-electron chi connectivity index (χ2n) is 6.37. The molecule has 0 bridgehead atoms. The van der Waals surface area contributed by atoms with Crippen LogP contribution in [0.15, 0.2) is 88.9 Å². The molecule has 0 saturated carbocycles. The summed E-state index contributed by atoms with van der Waals surface area (Å²) in [6, 6.07) is 20.7. The quantitative estimate of drug-likeness (QED) is 0.414. The van der Waals surface area contributed by atoms with Gasteiger partial charge >= 0.3 is 0 Å². The lowest BCUT2D eigenvalue weighted by Gasteiger charge is -2.23. The molecule has 3 aromatic carbocycles. The fourth-order valence-electron chi connectivity index (χ4n) is 2.72. The fraction of sp³-hybridized carbons (Fsp3) is 0.0909. The minimum atomic E-state index is -4.03. The summed E-state index contributed by atoms with van der Waals surface area (Å²) in [7, 11) is -2.55. The fourth-order valence-corrected chi connectivity index (χ4v) is 4.14. The number of methoxy groups -OCH3 is 1. The lowest BCUT2D eigenvalue weighted by molar-refractivity contribution is -0.119. The smallest absolute Gasteiger partial charge is 0.264 e. The number of amides is 1. The van der Waals surface area contributed by atoms with E-state index in [9.17, 15) is 18.3 Å². The number of ether oxygens (including phenoxy) is 1. The van der Waals surface area contributed by atoms with Gasteiger partial charge in [-0.1, -0.05) is 30.3 Å². The van der Waals surface area contributed by atoms with E-state index in [0.717, 1.165) is 4.31 Å². The lowest BCUT2D eigenvalue weighted by Crippen LogP contribution is -2.39. The minimum Gasteiger partial charge on any atom is -0.507 e. The lowest BCUT2D eigenvalue weighted by atomic mass is 10.2. The third kappa shape index (κ3) is 5.40. The average molecular weight is 439 g/mol. The molecule has 9 heteroatoms. The number of phenolic OH excluding ortho intramolecular Hbond substituents is 1. The van der Waals surface area contributed by atoms with Crippen molar-refractivity contribution in [3.05, 3.63) is 84.4 Å². The third-order valence-electron chi connectivity index (χ3n) is 4.31. The molecule has 0 saturated heterocycles. The average Bonchev–Trinajstić information content (AvgIpc) is 2.79. The molecule has 0 fully saturated rings. The van der Waals surface area contributed by atoms with Crippen molar-refractivity contribution in [3.63, 3.8) is 0 Å². The van der Waals surface area contributed by atoms with Crippen LogP contribution in [0.25, 0.3) is 0 Å². The number of para-hydroxylation sites is 2. The number of carbonyl (C=O) groups excluding carboxylic acids is 1. The zero-order valence-electron chi connectivity index (χ0n) is 16.7. The molecule has 0 heterocycles. The summed E-state index contributed by atoms with van der Waals surface area (Å²) in [5, 5.41) is 13.5. The number of anilines is 1. The highest BCUT2D eigenvalue weighted by molar-refractivity contribution is 7.92. The van der Waals surface area contributed by atoms with Gasteiger partial charge in [0.2, 0.25) is 0 Å². The molecule has 0 unspecified atom stereocenters. The van der Waals surface area contributed by atoms with E-state index >= 15 is 0 Å². The Labute approximate surface area is 180 Å². The summed E-state index contributed by atoms with van der Waals surface area (Å²) < 4.78 is 32.6. The second kappa shape index (κ2) is 9.77. The van der Waals surface area contributed by atoms with Gasteiger partial charge in [0.1, 0.15) is 18.0 Å². The van der Waals surface area contributed by atoms with E-state index in [1.807, 2.05) is 0 Å². The predicted molar refractivity (Wildman–Crippen MR) is 118 cm³/mol. The number of hydrogen-bond donors (Lipinski definition) is 2. The van der Waals surface area contributed by atoms with E-state index in [2.05, 4.69) is 10.5 Å². The Morgan fingerprint density at radius 1 is 1.03 bits per heavy atom. The molecule has 0 radical (unpaired) electrons. The topological polar surface area (TPSA) is 108 Å². The molecule has 0 aromatic heterocycles. The van der Waals surface area contributed by atoms with Crippen LogP contribution >= 0.6 is 0 Å². The number of carbonyl (C=O) groups is 1. The first-order valence-corrected chi connectivity index (χ1v) is 10.7. The van der Waals surface area contributed by atoms with Crippen LogP contribution in [0.5, 0.6) is 11.5 Å². The van der Waals surface area contributed by atoms with Gasteiger partial charge in [-0.25, -0.2) is 13.8 Å². The maximum atomic E-state index is 13.2. The van der Waals surface area contributed by atoms with Crippen LogP contribution in [0, 0.1) is 0 Å². The van der Waals surface area contributed by atoms with E-state index < -0.39 is 22.5 Å². The molecule has 0 spiro atoms.